The normalized spacial score (nSPS) is 17.8. The van der Waals surface area contributed by atoms with Crippen LogP contribution in [0.1, 0.15) is 61.3 Å². The Morgan fingerprint density at radius 3 is 2.83 bits per heavy atom. The highest BCUT2D eigenvalue weighted by atomic mass is 16.5. The van der Waals surface area contributed by atoms with E-state index in [1.165, 1.54) is 0 Å². The van der Waals surface area contributed by atoms with Crippen LogP contribution in [0.3, 0.4) is 0 Å². The zero-order valence-corrected chi connectivity index (χ0v) is 13.2. The van der Waals surface area contributed by atoms with Gasteiger partial charge in [-0.05, 0) is 32.3 Å². The second-order valence-electron chi connectivity index (χ2n) is 5.48. The second kappa shape index (κ2) is 7.75. The number of nitrogens with zero attached hydrogens (tertiary/aromatic N) is 2. The number of carbonyl (C=O) groups is 3. The molecule has 0 bridgehead atoms. The first-order chi connectivity index (χ1) is 11.0. The van der Waals surface area contributed by atoms with Gasteiger partial charge in [-0.25, -0.2) is 0 Å². The number of aromatic nitrogens is 2. The minimum atomic E-state index is -0.608. The smallest absolute Gasteiger partial charge is 0.306 e. The van der Waals surface area contributed by atoms with Crippen LogP contribution >= 0.6 is 0 Å². The van der Waals surface area contributed by atoms with Crippen molar-refractivity contribution < 1.29 is 19.1 Å². The molecule has 2 amide bonds. The predicted octanol–water partition coefficient (Wildman–Crippen LogP) is 0.906. The van der Waals surface area contributed by atoms with E-state index in [9.17, 15) is 14.4 Å². The molecule has 0 radical (unpaired) electrons. The highest BCUT2D eigenvalue weighted by Crippen LogP contribution is 2.30. The van der Waals surface area contributed by atoms with Gasteiger partial charge in [-0.1, -0.05) is 0 Å². The number of primary amides is 1. The number of hydrogen-bond donors (Lipinski definition) is 2. The van der Waals surface area contributed by atoms with Crippen LogP contribution < -0.4 is 5.73 Å². The number of ether oxygens (including phenoxy) is 1. The summed E-state index contributed by atoms with van der Waals surface area (Å²) in [7, 11) is 0. The molecule has 0 aliphatic carbocycles. The number of aromatic amines is 1. The molecule has 1 fully saturated rings. The first kappa shape index (κ1) is 17.0. The molecule has 23 heavy (non-hydrogen) atoms. The Bertz CT molecular complexity index is 584. The lowest BCUT2D eigenvalue weighted by Crippen LogP contribution is -2.38. The molecule has 1 atom stereocenters. The molecule has 0 spiro atoms. The lowest BCUT2D eigenvalue weighted by atomic mass is 9.98. The van der Waals surface area contributed by atoms with Gasteiger partial charge in [0, 0.05) is 13.0 Å². The number of nitrogens with two attached hydrogens (primary N) is 1. The maximum atomic E-state index is 12.4. The Hall–Kier alpha value is -2.38. The zero-order valence-electron chi connectivity index (χ0n) is 13.2. The molecule has 0 aromatic carbocycles. The van der Waals surface area contributed by atoms with Gasteiger partial charge in [0.1, 0.15) is 5.69 Å². The molecule has 126 valence electrons. The van der Waals surface area contributed by atoms with Crippen molar-refractivity contribution in [2.75, 3.05) is 13.2 Å². The summed E-state index contributed by atoms with van der Waals surface area (Å²) in [5, 5.41) is 6.66. The van der Waals surface area contributed by atoms with Crippen LogP contribution in [0, 0.1) is 0 Å². The van der Waals surface area contributed by atoms with Gasteiger partial charge in [-0.3, -0.25) is 19.5 Å². The van der Waals surface area contributed by atoms with E-state index in [1.54, 1.807) is 17.9 Å². The lowest BCUT2D eigenvalue weighted by molar-refractivity contribution is -0.146. The molecule has 0 saturated carbocycles. The third kappa shape index (κ3) is 4.30. The van der Waals surface area contributed by atoms with E-state index in [4.69, 9.17) is 10.5 Å². The Morgan fingerprint density at radius 1 is 1.39 bits per heavy atom. The maximum Gasteiger partial charge on any atom is 0.306 e. The monoisotopic (exact) mass is 322 g/mol. The molecule has 2 heterocycles. The molecule has 8 heteroatoms. The van der Waals surface area contributed by atoms with Gasteiger partial charge in [-0.2, -0.15) is 5.10 Å². The van der Waals surface area contributed by atoms with Crippen molar-refractivity contribution in [3.8, 4) is 0 Å². The lowest BCUT2D eigenvalue weighted by Gasteiger charge is -2.35. The van der Waals surface area contributed by atoms with Gasteiger partial charge in [0.25, 0.3) is 5.91 Å². The van der Waals surface area contributed by atoms with Crippen LogP contribution in [0.15, 0.2) is 6.07 Å². The summed E-state index contributed by atoms with van der Waals surface area (Å²) >= 11 is 0. The van der Waals surface area contributed by atoms with Gasteiger partial charge < -0.3 is 15.4 Å². The molecular formula is C15H22N4O4. The second-order valence-corrected chi connectivity index (χ2v) is 5.48. The number of carbonyl (C=O) groups excluding carboxylic acids is 3. The Labute approximate surface area is 134 Å². The predicted molar refractivity (Wildman–Crippen MR) is 81.3 cm³/mol. The van der Waals surface area contributed by atoms with E-state index in [1.807, 2.05) is 0 Å². The first-order valence-electron chi connectivity index (χ1n) is 7.83. The van der Waals surface area contributed by atoms with Crippen LogP contribution in [0.4, 0.5) is 0 Å². The fourth-order valence-electron chi connectivity index (χ4n) is 2.77. The van der Waals surface area contributed by atoms with Gasteiger partial charge in [-0.15, -0.1) is 0 Å². The summed E-state index contributed by atoms with van der Waals surface area (Å²) in [6.07, 6.45) is 2.87. The van der Waals surface area contributed by atoms with Crippen molar-refractivity contribution in [2.24, 2.45) is 5.73 Å². The van der Waals surface area contributed by atoms with Crippen LogP contribution in [0.25, 0.3) is 0 Å². The Kier molecular flexibility index (Phi) is 5.72. The number of rotatable bonds is 6. The largest absolute Gasteiger partial charge is 0.466 e. The Balaban J connectivity index is 2.03. The first-order valence-corrected chi connectivity index (χ1v) is 7.83. The molecule has 1 aliphatic heterocycles. The van der Waals surface area contributed by atoms with Crippen LogP contribution in [-0.4, -0.2) is 46.0 Å². The average Bonchev–Trinajstić information content (AvgIpc) is 3.03. The molecule has 2 rings (SSSR count). The third-order valence-corrected chi connectivity index (χ3v) is 3.88. The average molecular weight is 322 g/mol. The number of likely N-dealkylation sites (tertiary alicyclic amines) is 1. The van der Waals surface area contributed by atoms with Gasteiger partial charge in [0.05, 0.1) is 24.8 Å². The summed E-state index contributed by atoms with van der Waals surface area (Å²) in [5.41, 5.74) is 6.06. The minimum absolute atomic E-state index is 0.0748. The number of nitrogens with one attached hydrogen (secondary N) is 1. The van der Waals surface area contributed by atoms with Crippen molar-refractivity contribution in [1.82, 2.24) is 15.1 Å². The van der Waals surface area contributed by atoms with E-state index in [2.05, 4.69) is 10.2 Å². The number of piperidine rings is 1. The topological polar surface area (TPSA) is 118 Å². The summed E-state index contributed by atoms with van der Waals surface area (Å²) in [6.45, 7) is 2.66. The maximum absolute atomic E-state index is 12.4. The molecule has 1 aliphatic rings. The third-order valence-electron chi connectivity index (χ3n) is 3.88. The van der Waals surface area contributed by atoms with Crippen LogP contribution in [-0.2, 0) is 14.3 Å². The molecule has 1 saturated heterocycles. The van der Waals surface area contributed by atoms with Crippen molar-refractivity contribution in [3.05, 3.63) is 17.5 Å². The van der Waals surface area contributed by atoms with Gasteiger partial charge >= 0.3 is 5.97 Å². The van der Waals surface area contributed by atoms with E-state index in [0.29, 0.717) is 18.8 Å². The van der Waals surface area contributed by atoms with Crippen LogP contribution in [0.2, 0.25) is 0 Å². The van der Waals surface area contributed by atoms with Crippen molar-refractivity contribution in [2.45, 2.75) is 45.1 Å². The van der Waals surface area contributed by atoms with Crippen molar-refractivity contribution in [1.29, 1.82) is 0 Å². The number of hydrogen-bond acceptors (Lipinski definition) is 5. The zero-order chi connectivity index (χ0) is 16.8. The standard InChI is InChI=1S/C15H22N4O4/c1-2-23-14(21)7-6-13(20)19-8-4-3-5-12(19)10-9-11(15(16)22)18-17-10/h9,12H,2-8H2,1H3,(H2,16,22)(H,17,18). The number of H-pyrrole nitrogens is 1. The van der Waals surface area contributed by atoms with E-state index in [-0.39, 0.29) is 36.5 Å². The van der Waals surface area contributed by atoms with Crippen molar-refractivity contribution >= 4 is 17.8 Å². The minimum Gasteiger partial charge on any atom is -0.466 e. The van der Waals surface area contributed by atoms with Crippen molar-refractivity contribution in [3.63, 3.8) is 0 Å². The molecule has 1 aromatic rings. The number of amides is 2. The van der Waals surface area contributed by atoms with E-state index >= 15 is 0 Å². The molecular weight excluding hydrogens is 300 g/mol. The quantitative estimate of drug-likeness (QED) is 0.754. The van der Waals surface area contributed by atoms with E-state index in [0.717, 1.165) is 19.3 Å². The fraction of sp³-hybridized carbons (Fsp3) is 0.600. The van der Waals surface area contributed by atoms with Crippen LogP contribution in [0.5, 0.6) is 0 Å². The molecule has 1 aromatic heterocycles. The number of esters is 1. The van der Waals surface area contributed by atoms with Gasteiger partial charge in [0.2, 0.25) is 5.91 Å². The van der Waals surface area contributed by atoms with Gasteiger partial charge in [0.15, 0.2) is 0 Å². The Morgan fingerprint density at radius 2 is 2.17 bits per heavy atom. The summed E-state index contributed by atoms with van der Waals surface area (Å²) in [4.78, 5) is 36.7. The fourth-order valence-corrected chi connectivity index (χ4v) is 2.77. The summed E-state index contributed by atoms with van der Waals surface area (Å²) in [5.74, 6) is -1.08. The summed E-state index contributed by atoms with van der Waals surface area (Å²) < 4.78 is 4.84. The highest BCUT2D eigenvalue weighted by molar-refractivity contribution is 5.90. The molecule has 8 nitrogen and oxygen atoms in total. The van der Waals surface area contributed by atoms with E-state index < -0.39 is 5.91 Å². The molecule has 3 N–H and O–H groups in total. The SMILES string of the molecule is CCOC(=O)CCC(=O)N1CCCCC1c1cc(C(N)=O)n[nH]1. The highest BCUT2D eigenvalue weighted by Gasteiger charge is 2.29. The summed E-state index contributed by atoms with van der Waals surface area (Å²) in [6, 6.07) is 1.42. The molecule has 1 unspecified atom stereocenters.